The maximum Gasteiger partial charge on any atom is 0.337 e. The molecule has 3 aromatic rings. The average Bonchev–Trinajstić information content (AvgIpc) is 2.68. The van der Waals surface area contributed by atoms with Crippen molar-refractivity contribution in [2.75, 3.05) is 7.11 Å². The van der Waals surface area contributed by atoms with Crippen LogP contribution in [0.3, 0.4) is 0 Å². The molecular formula is C21H18N2O3. The number of hydrogen-bond acceptors (Lipinski definition) is 4. The molecule has 0 spiro atoms. The number of esters is 1. The summed E-state index contributed by atoms with van der Waals surface area (Å²) in [5.41, 5.74) is 4.72. The highest BCUT2D eigenvalue weighted by molar-refractivity contribution is 5.92. The molecule has 0 fully saturated rings. The molecule has 130 valence electrons. The summed E-state index contributed by atoms with van der Waals surface area (Å²) in [7, 11) is 1.34. The Morgan fingerprint density at radius 3 is 2.50 bits per heavy atom. The number of hydrogen-bond donors (Lipinski definition) is 1. The monoisotopic (exact) mass is 346 g/mol. The molecule has 26 heavy (non-hydrogen) atoms. The summed E-state index contributed by atoms with van der Waals surface area (Å²) < 4.78 is 4.65. The molecule has 0 aliphatic heterocycles. The standard InChI is InChI=1S/C21H18N2O3/c1-26-21(25)17-11-9-15(10-12-17)14-22-23-20(24)13-18-7-4-6-16-5-2-3-8-19(16)18/h2-12,14H,13H2,1H3,(H,23,24)/b22-14-. The molecule has 5 nitrogen and oxygen atoms in total. The Morgan fingerprint density at radius 2 is 1.73 bits per heavy atom. The lowest BCUT2D eigenvalue weighted by atomic mass is 10.0. The Hall–Kier alpha value is -3.47. The molecule has 0 saturated carbocycles. The summed E-state index contributed by atoms with van der Waals surface area (Å²) in [6.45, 7) is 0. The lowest BCUT2D eigenvalue weighted by Gasteiger charge is -2.05. The molecule has 3 rings (SSSR count). The summed E-state index contributed by atoms with van der Waals surface area (Å²) in [5.74, 6) is -0.583. The number of nitrogens with one attached hydrogen (secondary N) is 1. The average molecular weight is 346 g/mol. The van der Waals surface area contributed by atoms with Crippen molar-refractivity contribution < 1.29 is 14.3 Å². The normalized spacial score (nSPS) is 10.8. The van der Waals surface area contributed by atoms with E-state index in [0.29, 0.717) is 5.56 Å². The van der Waals surface area contributed by atoms with E-state index >= 15 is 0 Å². The van der Waals surface area contributed by atoms with Crippen molar-refractivity contribution in [3.8, 4) is 0 Å². The molecular weight excluding hydrogens is 328 g/mol. The van der Waals surface area contributed by atoms with Crippen molar-refractivity contribution in [3.63, 3.8) is 0 Å². The fourth-order valence-corrected chi connectivity index (χ4v) is 2.66. The predicted octanol–water partition coefficient (Wildman–Crippen LogP) is 3.32. The second-order valence-electron chi connectivity index (χ2n) is 5.72. The minimum atomic E-state index is -0.392. The number of carbonyl (C=O) groups is 2. The molecule has 0 radical (unpaired) electrons. The van der Waals surface area contributed by atoms with E-state index in [0.717, 1.165) is 21.9 Å². The van der Waals surface area contributed by atoms with Gasteiger partial charge >= 0.3 is 5.97 Å². The van der Waals surface area contributed by atoms with Crippen molar-refractivity contribution in [1.82, 2.24) is 5.43 Å². The van der Waals surface area contributed by atoms with Crippen molar-refractivity contribution in [1.29, 1.82) is 0 Å². The van der Waals surface area contributed by atoms with Gasteiger partial charge in [-0.3, -0.25) is 4.79 Å². The highest BCUT2D eigenvalue weighted by Crippen LogP contribution is 2.18. The quantitative estimate of drug-likeness (QED) is 0.438. The smallest absolute Gasteiger partial charge is 0.337 e. The van der Waals surface area contributed by atoms with Gasteiger partial charge in [0.1, 0.15) is 0 Å². The van der Waals surface area contributed by atoms with Crippen molar-refractivity contribution in [2.24, 2.45) is 5.10 Å². The lowest BCUT2D eigenvalue weighted by molar-refractivity contribution is -0.120. The third kappa shape index (κ3) is 4.13. The van der Waals surface area contributed by atoms with E-state index in [1.807, 2.05) is 42.5 Å². The molecule has 5 heteroatoms. The first-order valence-corrected chi connectivity index (χ1v) is 8.14. The van der Waals surface area contributed by atoms with Crippen molar-refractivity contribution in [2.45, 2.75) is 6.42 Å². The maximum absolute atomic E-state index is 12.1. The highest BCUT2D eigenvalue weighted by Gasteiger charge is 2.06. The second-order valence-corrected chi connectivity index (χ2v) is 5.72. The van der Waals surface area contributed by atoms with Crippen LogP contribution in [0.4, 0.5) is 0 Å². The first-order valence-electron chi connectivity index (χ1n) is 8.14. The van der Waals surface area contributed by atoms with Crippen LogP contribution < -0.4 is 5.43 Å². The zero-order valence-electron chi connectivity index (χ0n) is 14.3. The summed E-state index contributed by atoms with van der Waals surface area (Å²) >= 11 is 0. The molecule has 0 unspecified atom stereocenters. The highest BCUT2D eigenvalue weighted by atomic mass is 16.5. The number of rotatable bonds is 5. The van der Waals surface area contributed by atoms with E-state index in [-0.39, 0.29) is 12.3 Å². The SMILES string of the molecule is COC(=O)c1ccc(/C=N\NC(=O)Cc2cccc3ccccc23)cc1. The van der Waals surface area contributed by atoms with Crippen LogP contribution in [-0.4, -0.2) is 25.2 Å². The molecule has 0 aromatic heterocycles. The number of benzene rings is 3. The third-order valence-electron chi connectivity index (χ3n) is 3.97. The van der Waals surface area contributed by atoms with Gasteiger partial charge in [-0.05, 0) is 34.0 Å². The molecule has 0 aliphatic rings. The summed E-state index contributed by atoms with van der Waals surface area (Å²) in [6, 6.07) is 20.6. The summed E-state index contributed by atoms with van der Waals surface area (Å²) in [6.07, 6.45) is 1.78. The van der Waals surface area contributed by atoms with Gasteiger partial charge in [-0.2, -0.15) is 5.10 Å². The van der Waals surface area contributed by atoms with Crippen LogP contribution in [0.1, 0.15) is 21.5 Å². The van der Waals surface area contributed by atoms with Crippen LogP contribution in [0.5, 0.6) is 0 Å². The van der Waals surface area contributed by atoms with Crippen LogP contribution in [0.15, 0.2) is 71.8 Å². The Kier molecular flexibility index (Phi) is 5.39. The minimum absolute atomic E-state index is 0.191. The van der Waals surface area contributed by atoms with E-state index in [9.17, 15) is 9.59 Å². The van der Waals surface area contributed by atoms with Crippen LogP contribution in [0.2, 0.25) is 0 Å². The fourth-order valence-electron chi connectivity index (χ4n) is 2.66. The topological polar surface area (TPSA) is 67.8 Å². The number of fused-ring (bicyclic) bond motifs is 1. The van der Waals surface area contributed by atoms with Gasteiger partial charge in [0.25, 0.3) is 0 Å². The number of nitrogens with zero attached hydrogens (tertiary/aromatic N) is 1. The van der Waals surface area contributed by atoms with Crippen LogP contribution in [0, 0.1) is 0 Å². The molecule has 0 aliphatic carbocycles. The minimum Gasteiger partial charge on any atom is -0.465 e. The van der Waals surface area contributed by atoms with Crippen molar-refractivity contribution in [3.05, 3.63) is 83.4 Å². The molecule has 1 N–H and O–H groups in total. The zero-order valence-corrected chi connectivity index (χ0v) is 14.3. The van der Waals surface area contributed by atoms with Gasteiger partial charge in [0.05, 0.1) is 25.3 Å². The van der Waals surface area contributed by atoms with E-state index in [1.165, 1.54) is 13.3 Å². The van der Waals surface area contributed by atoms with Gasteiger partial charge in [0.2, 0.25) is 5.91 Å². The first kappa shape index (κ1) is 17.4. The Bertz CT molecular complexity index is 957. The fraction of sp³-hybridized carbons (Fsp3) is 0.0952. The predicted molar refractivity (Wildman–Crippen MR) is 101 cm³/mol. The number of ether oxygens (including phenoxy) is 1. The molecule has 0 heterocycles. The molecule has 0 saturated heterocycles. The second kappa shape index (κ2) is 8.07. The summed E-state index contributed by atoms with van der Waals surface area (Å²) in [5, 5.41) is 6.14. The summed E-state index contributed by atoms with van der Waals surface area (Å²) in [4.78, 5) is 23.5. The Labute approximate surface area is 151 Å². The van der Waals surface area contributed by atoms with Gasteiger partial charge in [0.15, 0.2) is 0 Å². The molecule has 1 amide bonds. The maximum atomic E-state index is 12.1. The third-order valence-corrected chi connectivity index (χ3v) is 3.97. The number of amides is 1. The molecule has 0 atom stereocenters. The van der Waals surface area contributed by atoms with Crippen LogP contribution in [0.25, 0.3) is 10.8 Å². The van der Waals surface area contributed by atoms with E-state index in [2.05, 4.69) is 15.3 Å². The van der Waals surface area contributed by atoms with Gasteiger partial charge < -0.3 is 4.74 Å². The van der Waals surface area contributed by atoms with Gasteiger partial charge in [0, 0.05) is 0 Å². The van der Waals surface area contributed by atoms with E-state index in [4.69, 9.17) is 0 Å². The lowest BCUT2D eigenvalue weighted by Crippen LogP contribution is -2.19. The molecule has 3 aromatic carbocycles. The van der Waals surface area contributed by atoms with Gasteiger partial charge in [-0.1, -0.05) is 54.6 Å². The number of hydrazone groups is 1. The van der Waals surface area contributed by atoms with Gasteiger partial charge in [-0.25, -0.2) is 10.2 Å². The Morgan fingerprint density at radius 1 is 1.00 bits per heavy atom. The first-order chi connectivity index (χ1) is 12.7. The molecule has 0 bridgehead atoms. The largest absolute Gasteiger partial charge is 0.465 e. The van der Waals surface area contributed by atoms with Crippen molar-refractivity contribution >= 4 is 28.9 Å². The number of carbonyl (C=O) groups excluding carboxylic acids is 2. The van der Waals surface area contributed by atoms with E-state index < -0.39 is 5.97 Å². The Balaban J connectivity index is 1.61. The van der Waals surface area contributed by atoms with Crippen LogP contribution >= 0.6 is 0 Å². The zero-order chi connectivity index (χ0) is 18.4. The van der Waals surface area contributed by atoms with Gasteiger partial charge in [-0.15, -0.1) is 0 Å². The van der Waals surface area contributed by atoms with E-state index in [1.54, 1.807) is 24.3 Å². The van der Waals surface area contributed by atoms with Crippen LogP contribution in [-0.2, 0) is 16.0 Å². The number of methoxy groups -OCH3 is 1.